The Hall–Kier alpha value is -5.82. The lowest BCUT2D eigenvalue weighted by Gasteiger charge is -2.34. The first-order valence-electron chi connectivity index (χ1n) is 23.2. The Morgan fingerprint density at radius 3 is 2.22 bits per heavy atom. The van der Waals surface area contributed by atoms with Crippen molar-refractivity contribution >= 4 is 60.5 Å². The number of thiazole rings is 1. The number of aryl methyl sites for hydroxylation is 1. The number of β-amino-alcohol motifs (C(OH)–C–C–N with tert-alkyl or cyclic N) is 1. The van der Waals surface area contributed by atoms with Crippen LogP contribution >= 0.6 is 38.6 Å². The second-order valence-corrected chi connectivity index (χ2v) is 20.6. The Morgan fingerprint density at radius 1 is 0.870 bits per heavy atom. The summed E-state index contributed by atoms with van der Waals surface area (Å²) in [7, 11) is 0. The average molecular weight is 1040 g/mol. The molecule has 3 atom stereocenters. The van der Waals surface area contributed by atoms with Crippen molar-refractivity contribution in [2.45, 2.75) is 51.8 Å². The predicted molar refractivity (Wildman–Crippen MR) is 271 cm³/mol. The highest BCUT2D eigenvalue weighted by molar-refractivity contribution is 9.10. The van der Waals surface area contributed by atoms with Crippen molar-refractivity contribution in [3.8, 4) is 49.8 Å². The maximum atomic E-state index is 14.1. The summed E-state index contributed by atoms with van der Waals surface area (Å²) in [4.78, 5) is 40.3. The van der Waals surface area contributed by atoms with Gasteiger partial charge in [-0.05, 0) is 89.3 Å². The normalized spacial score (nSPS) is 17.1. The number of likely N-dealkylation sites (tertiary alicyclic amines) is 1. The Balaban J connectivity index is 0.702. The predicted octanol–water partition coefficient (Wildman–Crippen LogP) is 9.34. The van der Waals surface area contributed by atoms with E-state index in [-0.39, 0.29) is 36.4 Å². The van der Waals surface area contributed by atoms with Crippen LogP contribution in [0.15, 0.2) is 112 Å². The standard InChI is InChI=1S/C52H55BrN6O8S2/c1-32(2)47(52(63)59-30-39(61)26-43(59)51(62)54-29-34-4-6-35(7-5-34)49-33(3)55-31-68-49)44-28-46(56-67-44)65-25-23-58-20-18-57(19-21-58)22-24-64-40-13-15-41(16-14-40)66-48-42-17-12-38(60)27-45(42)69-50(48)36-8-10-37(53)11-9-36/h4-17,27-28,31-32,39,43,47,60-61H,18-26,29-30H2,1-3H3,(H,54,62). The molecule has 4 aromatic carbocycles. The summed E-state index contributed by atoms with van der Waals surface area (Å²) in [5.41, 5.74) is 5.84. The van der Waals surface area contributed by atoms with Gasteiger partial charge < -0.3 is 39.2 Å². The highest BCUT2D eigenvalue weighted by atomic mass is 79.9. The van der Waals surface area contributed by atoms with Crippen LogP contribution in [0.1, 0.15) is 43.2 Å². The molecule has 0 aliphatic carbocycles. The van der Waals surface area contributed by atoms with E-state index in [4.69, 9.17) is 18.7 Å². The number of nitrogens with one attached hydrogen (secondary N) is 1. The number of hydrogen-bond acceptors (Lipinski definition) is 14. The number of carbonyl (C=O) groups is 2. The summed E-state index contributed by atoms with van der Waals surface area (Å²) in [6, 6.07) is 30.0. The van der Waals surface area contributed by atoms with Crippen LogP contribution in [0.25, 0.3) is 31.0 Å². The van der Waals surface area contributed by atoms with Crippen molar-refractivity contribution in [3.05, 3.63) is 124 Å². The number of aliphatic hydroxyl groups excluding tert-OH is 1. The number of phenols is 1. The third-order valence-corrected chi connectivity index (χ3v) is 15.3. The number of aliphatic hydroxyl groups is 1. The van der Waals surface area contributed by atoms with Crippen LogP contribution < -0.4 is 19.5 Å². The molecule has 2 aliphatic heterocycles. The molecule has 5 heterocycles. The first-order chi connectivity index (χ1) is 33.4. The maximum Gasteiger partial charge on any atom is 0.254 e. The number of benzene rings is 4. The number of amides is 2. The number of phenolic OH excluding ortho intramolecular Hbond substituents is 1. The number of thiophene rings is 1. The molecule has 14 nitrogen and oxygen atoms in total. The third-order valence-electron chi connectivity index (χ3n) is 12.6. The fourth-order valence-electron chi connectivity index (χ4n) is 8.85. The van der Waals surface area contributed by atoms with Gasteiger partial charge in [-0.15, -0.1) is 22.7 Å². The van der Waals surface area contributed by atoms with Crippen molar-refractivity contribution in [2.24, 2.45) is 5.92 Å². The first-order valence-corrected chi connectivity index (χ1v) is 25.7. The van der Waals surface area contributed by atoms with Crippen molar-refractivity contribution in [3.63, 3.8) is 0 Å². The first kappa shape index (κ1) is 48.2. The van der Waals surface area contributed by atoms with Gasteiger partial charge in [-0.25, -0.2) is 4.98 Å². The largest absolute Gasteiger partial charge is 0.508 e. The molecule has 2 amide bonds. The van der Waals surface area contributed by atoms with Gasteiger partial charge in [0.1, 0.15) is 42.4 Å². The summed E-state index contributed by atoms with van der Waals surface area (Å²) < 4.78 is 26.3. The smallest absolute Gasteiger partial charge is 0.254 e. The second kappa shape index (κ2) is 21.9. The van der Waals surface area contributed by atoms with Gasteiger partial charge in [-0.3, -0.25) is 19.4 Å². The highest BCUT2D eigenvalue weighted by Crippen LogP contribution is 2.47. The van der Waals surface area contributed by atoms with Crippen molar-refractivity contribution in [1.29, 1.82) is 0 Å². The molecule has 360 valence electrons. The van der Waals surface area contributed by atoms with Gasteiger partial charge >= 0.3 is 0 Å². The quantitative estimate of drug-likeness (QED) is 0.0748. The number of piperazine rings is 1. The molecule has 2 saturated heterocycles. The lowest BCUT2D eigenvalue weighted by molar-refractivity contribution is -0.141. The van der Waals surface area contributed by atoms with Crippen LogP contribution in [0, 0.1) is 12.8 Å². The monoisotopic (exact) mass is 1030 g/mol. The zero-order valence-electron chi connectivity index (χ0n) is 38.7. The maximum absolute atomic E-state index is 14.1. The zero-order chi connectivity index (χ0) is 48.0. The van der Waals surface area contributed by atoms with Crippen LogP contribution in [-0.4, -0.2) is 118 Å². The molecule has 17 heteroatoms. The molecular formula is C52H55BrN6O8S2. The van der Waals surface area contributed by atoms with Gasteiger partial charge in [0.2, 0.25) is 11.8 Å². The zero-order valence-corrected chi connectivity index (χ0v) is 41.9. The second-order valence-electron chi connectivity index (χ2n) is 17.8. The van der Waals surface area contributed by atoms with E-state index in [0.717, 1.165) is 90.9 Å². The van der Waals surface area contributed by atoms with Gasteiger partial charge in [0, 0.05) is 79.4 Å². The number of carbonyl (C=O) groups excluding carboxylic acids is 2. The molecule has 0 radical (unpaired) electrons. The summed E-state index contributed by atoms with van der Waals surface area (Å²) in [6.45, 7) is 12.2. The van der Waals surface area contributed by atoms with Gasteiger partial charge in [0.25, 0.3) is 5.88 Å². The molecule has 2 fully saturated rings. The van der Waals surface area contributed by atoms with Crippen LogP contribution in [-0.2, 0) is 16.1 Å². The van der Waals surface area contributed by atoms with Gasteiger partial charge in [0.05, 0.1) is 27.1 Å². The molecule has 3 unspecified atom stereocenters. The number of ether oxygens (including phenoxy) is 3. The number of rotatable bonds is 18. The molecule has 3 N–H and O–H groups in total. The van der Waals surface area contributed by atoms with Crippen LogP contribution in [0.3, 0.4) is 0 Å². The third kappa shape index (κ3) is 11.6. The Labute approximate surface area is 417 Å². The van der Waals surface area contributed by atoms with Crippen LogP contribution in [0.2, 0.25) is 0 Å². The van der Waals surface area contributed by atoms with E-state index in [1.807, 2.05) is 93.0 Å². The summed E-state index contributed by atoms with van der Waals surface area (Å²) in [5, 5.41) is 28.8. The van der Waals surface area contributed by atoms with E-state index >= 15 is 0 Å². The Kier molecular flexibility index (Phi) is 15.3. The van der Waals surface area contributed by atoms with Crippen molar-refractivity contribution < 1.29 is 38.5 Å². The van der Waals surface area contributed by atoms with E-state index in [0.29, 0.717) is 43.7 Å². The SMILES string of the molecule is Cc1ncsc1-c1ccc(CNC(=O)C2CC(O)CN2C(=O)C(c2cc(OCCN3CCN(CCOc4ccc(Oc5c(-c6ccc(Br)cc6)sc6cc(O)ccc56)cc4)CC3)no2)C(C)C)cc1. The van der Waals surface area contributed by atoms with Gasteiger partial charge in [0.15, 0.2) is 11.5 Å². The minimum atomic E-state index is -0.815. The van der Waals surface area contributed by atoms with E-state index in [9.17, 15) is 19.8 Å². The minimum absolute atomic E-state index is 0.0591. The number of aromatic hydroxyl groups is 1. The number of fused-ring (bicyclic) bond motifs is 1. The van der Waals surface area contributed by atoms with E-state index in [2.05, 4.69) is 53.3 Å². The minimum Gasteiger partial charge on any atom is -0.508 e. The average Bonchev–Trinajstić information content (AvgIpc) is 4.16. The molecule has 0 spiro atoms. The molecule has 2 aliphatic rings. The fraction of sp³-hybridized carbons (Fsp3) is 0.346. The molecule has 0 bridgehead atoms. The summed E-state index contributed by atoms with van der Waals surface area (Å²) in [5.74, 6) is 1.62. The van der Waals surface area contributed by atoms with Crippen molar-refractivity contribution in [2.75, 3.05) is 59.0 Å². The van der Waals surface area contributed by atoms with Crippen LogP contribution in [0.4, 0.5) is 0 Å². The summed E-state index contributed by atoms with van der Waals surface area (Å²) >= 11 is 6.70. The Morgan fingerprint density at radius 2 is 1.54 bits per heavy atom. The number of hydrogen-bond donors (Lipinski definition) is 3. The fourth-order valence-corrected chi connectivity index (χ4v) is 11.1. The molecule has 7 aromatic rings. The number of nitrogens with zero attached hydrogens (tertiary/aromatic N) is 5. The number of halogens is 1. The lowest BCUT2D eigenvalue weighted by Crippen LogP contribution is -2.48. The van der Waals surface area contributed by atoms with Crippen LogP contribution in [0.5, 0.6) is 28.9 Å². The topological polar surface area (TPSA) is 163 Å². The molecular weight excluding hydrogens is 981 g/mol. The Bertz CT molecular complexity index is 2840. The number of aromatic nitrogens is 2. The molecule has 9 rings (SSSR count). The van der Waals surface area contributed by atoms with E-state index in [1.165, 1.54) is 4.90 Å². The van der Waals surface area contributed by atoms with Gasteiger partial charge in [-0.2, -0.15) is 0 Å². The highest BCUT2D eigenvalue weighted by Gasteiger charge is 2.43. The van der Waals surface area contributed by atoms with E-state index < -0.39 is 18.1 Å². The lowest BCUT2D eigenvalue weighted by atomic mass is 9.91. The molecule has 0 saturated carbocycles. The summed E-state index contributed by atoms with van der Waals surface area (Å²) in [6.07, 6.45) is -0.659. The van der Waals surface area contributed by atoms with E-state index in [1.54, 1.807) is 40.9 Å². The van der Waals surface area contributed by atoms with Crippen molar-refractivity contribution in [1.82, 2.24) is 30.2 Å². The van der Waals surface area contributed by atoms with Gasteiger partial charge in [-0.1, -0.05) is 66.2 Å². The molecule has 69 heavy (non-hydrogen) atoms. The molecule has 3 aromatic heterocycles.